The summed E-state index contributed by atoms with van der Waals surface area (Å²) in [4.78, 5) is 11.9. The monoisotopic (exact) mass is 347 g/mol. The van der Waals surface area contributed by atoms with Gasteiger partial charge in [-0.1, -0.05) is 23.2 Å². The van der Waals surface area contributed by atoms with E-state index in [1.165, 1.54) is 0 Å². The Balaban J connectivity index is 1.49. The largest absolute Gasteiger partial charge is 0.484 e. The summed E-state index contributed by atoms with van der Waals surface area (Å²) in [6.07, 6.45) is -1.33. The number of fused-ring (bicyclic) bond motifs is 1. The Morgan fingerprint density at radius 2 is 2.05 bits per heavy atom. The summed E-state index contributed by atoms with van der Waals surface area (Å²) in [5, 5.41) is 13.2. The highest BCUT2D eigenvalue weighted by Crippen LogP contribution is 2.27. The molecule has 6 nitrogen and oxygen atoms in total. The lowest BCUT2D eigenvalue weighted by Gasteiger charge is -2.17. The molecule has 2 aliphatic heterocycles. The second-order valence-corrected chi connectivity index (χ2v) is 6.02. The van der Waals surface area contributed by atoms with Gasteiger partial charge in [-0.15, -0.1) is 0 Å². The molecular formula is C14H15Cl2NO5. The molecular weight excluding hydrogens is 333 g/mol. The maximum absolute atomic E-state index is 11.9. The van der Waals surface area contributed by atoms with Crippen molar-refractivity contribution in [3.05, 3.63) is 28.2 Å². The fourth-order valence-electron chi connectivity index (χ4n) is 2.57. The predicted octanol–water partition coefficient (Wildman–Crippen LogP) is 1.02. The van der Waals surface area contributed by atoms with Crippen LogP contribution in [0, 0.1) is 0 Å². The lowest BCUT2D eigenvalue weighted by Crippen LogP contribution is -2.45. The van der Waals surface area contributed by atoms with Crippen molar-refractivity contribution in [1.82, 2.24) is 5.32 Å². The van der Waals surface area contributed by atoms with Gasteiger partial charge in [0.1, 0.15) is 24.1 Å². The lowest BCUT2D eigenvalue weighted by atomic mass is 10.1. The molecule has 2 N–H and O–H groups in total. The number of benzene rings is 1. The minimum atomic E-state index is -0.639. The van der Waals surface area contributed by atoms with E-state index in [2.05, 4.69) is 5.32 Å². The Kier molecular flexibility index (Phi) is 4.75. The Bertz CT molecular complexity index is 570. The number of nitrogens with one attached hydrogen (secondary N) is 1. The average Bonchev–Trinajstić information content (AvgIpc) is 3.05. The summed E-state index contributed by atoms with van der Waals surface area (Å²) in [5.41, 5.74) is 0. The number of hydrogen-bond acceptors (Lipinski definition) is 5. The first-order chi connectivity index (χ1) is 10.5. The third-order valence-corrected chi connectivity index (χ3v) is 4.37. The zero-order valence-corrected chi connectivity index (χ0v) is 13.0. The van der Waals surface area contributed by atoms with Crippen LogP contribution in [-0.4, -0.2) is 55.2 Å². The van der Waals surface area contributed by atoms with E-state index in [-0.39, 0.29) is 37.4 Å². The second-order valence-electron chi connectivity index (χ2n) is 5.20. The molecule has 22 heavy (non-hydrogen) atoms. The van der Waals surface area contributed by atoms with E-state index in [9.17, 15) is 9.90 Å². The molecule has 2 saturated heterocycles. The summed E-state index contributed by atoms with van der Waals surface area (Å²) in [6, 6.07) is 4.49. The molecule has 4 atom stereocenters. The minimum absolute atomic E-state index is 0.158. The molecule has 1 amide bonds. The van der Waals surface area contributed by atoms with Crippen LogP contribution in [0.15, 0.2) is 18.2 Å². The quantitative estimate of drug-likeness (QED) is 0.850. The highest BCUT2D eigenvalue weighted by Gasteiger charge is 2.47. The van der Waals surface area contributed by atoms with E-state index in [4.69, 9.17) is 37.4 Å². The highest BCUT2D eigenvalue weighted by atomic mass is 35.5. The fraction of sp³-hybridized carbons (Fsp3) is 0.500. The van der Waals surface area contributed by atoms with Gasteiger partial charge >= 0.3 is 0 Å². The average molecular weight is 348 g/mol. The third kappa shape index (κ3) is 3.31. The number of ether oxygens (including phenoxy) is 3. The molecule has 0 saturated carbocycles. The van der Waals surface area contributed by atoms with Crippen molar-refractivity contribution in [3.63, 3.8) is 0 Å². The van der Waals surface area contributed by atoms with Crippen LogP contribution in [-0.2, 0) is 14.3 Å². The van der Waals surface area contributed by atoms with Crippen LogP contribution in [0.1, 0.15) is 0 Å². The molecule has 0 spiro atoms. The van der Waals surface area contributed by atoms with Crippen LogP contribution in [0.5, 0.6) is 5.75 Å². The number of hydrogen-bond donors (Lipinski definition) is 2. The van der Waals surface area contributed by atoms with Crippen molar-refractivity contribution in [2.24, 2.45) is 0 Å². The van der Waals surface area contributed by atoms with Crippen LogP contribution in [0.25, 0.3) is 0 Å². The van der Waals surface area contributed by atoms with Crippen molar-refractivity contribution >= 4 is 29.1 Å². The van der Waals surface area contributed by atoms with Gasteiger partial charge in [0, 0.05) is 6.07 Å². The molecule has 3 rings (SSSR count). The van der Waals surface area contributed by atoms with Crippen molar-refractivity contribution in [2.45, 2.75) is 24.4 Å². The van der Waals surface area contributed by atoms with Gasteiger partial charge in [-0.2, -0.15) is 0 Å². The molecule has 0 aliphatic carbocycles. The molecule has 0 unspecified atom stereocenters. The minimum Gasteiger partial charge on any atom is -0.484 e. The topological polar surface area (TPSA) is 77.0 Å². The van der Waals surface area contributed by atoms with E-state index >= 15 is 0 Å². The normalized spacial score (nSPS) is 30.1. The molecule has 8 heteroatoms. The van der Waals surface area contributed by atoms with Gasteiger partial charge in [0.05, 0.1) is 29.3 Å². The Hall–Kier alpha value is -1.05. The number of carbonyl (C=O) groups is 1. The first kappa shape index (κ1) is 15.8. The standard InChI is InChI=1S/C14H15Cl2NO5/c15-8-2-1-7(3-9(8)16)20-6-12(19)17-10-4-21-14-11(18)5-22-13(10)14/h1-3,10-11,13-14,18H,4-6H2,(H,17,19)/t10-,11+,13+,14+/m0/s1. The molecule has 1 aromatic carbocycles. The Morgan fingerprint density at radius 3 is 2.82 bits per heavy atom. The van der Waals surface area contributed by atoms with Gasteiger partial charge in [0.25, 0.3) is 5.91 Å². The van der Waals surface area contributed by atoms with Crippen LogP contribution < -0.4 is 10.1 Å². The number of carbonyl (C=O) groups excluding carboxylic acids is 1. The van der Waals surface area contributed by atoms with Gasteiger partial charge in [-0.3, -0.25) is 4.79 Å². The number of rotatable bonds is 4. The van der Waals surface area contributed by atoms with E-state index in [1.807, 2.05) is 0 Å². The maximum atomic E-state index is 11.9. The molecule has 2 fully saturated rings. The molecule has 0 bridgehead atoms. The smallest absolute Gasteiger partial charge is 0.258 e. The van der Waals surface area contributed by atoms with Crippen molar-refractivity contribution in [1.29, 1.82) is 0 Å². The maximum Gasteiger partial charge on any atom is 0.258 e. The molecule has 120 valence electrons. The van der Waals surface area contributed by atoms with Gasteiger partial charge in [0.2, 0.25) is 0 Å². The van der Waals surface area contributed by atoms with Crippen LogP contribution in [0.2, 0.25) is 10.0 Å². The van der Waals surface area contributed by atoms with Gasteiger partial charge < -0.3 is 24.6 Å². The van der Waals surface area contributed by atoms with Crippen LogP contribution in [0.3, 0.4) is 0 Å². The molecule has 2 heterocycles. The first-order valence-electron chi connectivity index (χ1n) is 6.83. The lowest BCUT2D eigenvalue weighted by molar-refractivity contribution is -0.124. The molecule has 2 aliphatic rings. The number of halogens is 2. The number of amides is 1. The summed E-state index contributed by atoms with van der Waals surface area (Å²) in [5.74, 6) is 0.156. The van der Waals surface area contributed by atoms with Crippen molar-refractivity contribution in [2.75, 3.05) is 19.8 Å². The van der Waals surface area contributed by atoms with E-state index in [0.29, 0.717) is 22.4 Å². The zero-order chi connectivity index (χ0) is 15.7. The van der Waals surface area contributed by atoms with Crippen LogP contribution >= 0.6 is 23.2 Å². The Morgan fingerprint density at radius 1 is 1.27 bits per heavy atom. The summed E-state index contributed by atoms with van der Waals surface area (Å²) in [7, 11) is 0. The SMILES string of the molecule is O=C(COc1ccc(Cl)c(Cl)c1)N[C@H]1CO[C@H]2[C@@H]1OC[C@H]2O. The summed E-state index contributed by atoms with van der Waals surface area (Å²) in [6.45, 7) is 0.376. The van der Waals surface area contributed by atoms with E-state index in [0.717, 1.165) is 0 Å². The second kappa shape index (κ2) is 6.60. The fourth-order valence-corrected chi connectivity index (χ4v) is 2.85. The summed E-state index contributed by atoms with van der Waals surface area (Å²) >= 11 is 11.7. The number of aliphatic hydroxyl groups is 1. The highest BCUT2D eigenvalue weighted by molar-refractivity contribution is 6.42. The molecule has 0 radical (unpaired) electrons. The first-order valence-corrected chi connectivity index (χ1v) is 7.58. The Labute approximate surface area is 137 Å². The van der Waals surface area contributed by atoms with E-state index in [1.54, 1.807) is 18.2 Å². The predicted molar refractivity (Wildman–Crippen MR) is 79.4 cm³/mol. The van der Waals surface area contributed by atoms with Gasteiger partial charge in [0.15, 0.2) is 6.61 Å². The zero-order valence-electron chi connectivity index (χ0n) is 11.5. The van der Waals surface area contributed by atoms with Crippen LogP contribution in [0.4, 0.5) is 0 Å². The van der Waals surface area contributed by atoms with Crippen molar-refractivity contribution < 1.29 is 24.1 Å². The number of aliphatic hydroxyl groups excluding tert-OH is 1. The van der Waals surface area contributed by atoms with Gasteiger partial charge in [-0.25, -0.2) is 0 Å². The van der Waals surface area contributed by atoms with E-state index < -0.39 is 6.10 Å². The summed E-state index contributed by atoms with van der Waals surface area (Å²) < 4.78 is 16.2. The van der Waals surface area contributed by atoms with Crippen molar-refractivity contribution in [3.8, 4) is 5.75 Å². The molecule has 1 aromatic rings. The third-order valence-electron chi connectivity index (χ3n) is 3.63. The van der Waals surface area contributed by atoms with Gasteiger partial charge in [-0.05, 0) is 12.1 Å². The molecule has 0 aromatic heterocycles.